The van der Waals surface area contributed by atoms with Gasteiger partial charge in [0.25, 0.3) is 5.91 Å². The second kappa shape index (κ2) is 9.72. The number of nitrogens with one attached hydrogen (secondary N) is 1. The van der Waals surface area contributed by atoms with Crippen molar-refractivity contribution in [2.75, 3.05) is 14.2 Å². The molecule has 0 unspecified atom stereocenters. The molecule has 0 heterocycles. The topological polar surface area (TPSA) is 72.3 Å². The number of nitrogens with zero attached hydrogens (tertiary/aromatic N) is 2. The highest BCUT2D eigenvalue weighted by Crippen LogP contribution is 2.29. The molecule has 0 saturated heterocycles. The van der Waals surface area contributed by atoms with Crippen molar-refractivity contribution in [2.24, 2.45) is 10.3 Å². The van der Waals surface area contributed by atoms with E-state index in [9.17, 15) is 18.0 Å². The first-order valence-corrected chi connectivity index (χ1v) is 8.53. The molecule has 29 heavy (non-hydrogen) atoms. The van der Waals surface area contributed by atoms with E-state index in [-0.39, 0.29) is 18.0 Å². The van der Waals surface area contributed by atoms with E-state index in [1.807, 2.05) is 0 Å². The van der Waals surface area contributed by atoms with Crippen molar-refractivity contribution in [1.82, 2.24) is 5.32 Å². The van der Waals surface area contributed by atoms with Crippen LogP contribution >= 0.6 is 0 Å². The molecule has 0 aliphatic carbocycles. The summed E-state index contributed by atoms with van der Waals surface area (Å²) in [5, 5.41) is 10.1. The Labute approximate surface area is 166 Å². The maximum absolute atomic E-state index is 12.9. The van der Waals surface area contributed by atoms with Gasteiger partial charge in [0.2, 0.25) is 0 Å². The predicted molar refractivity (Wildman–Crippen MR) is 102 cm³/mol. The molecule has 2 aromatic rings. The zero-order valence-electron chi connectivity index (χ0n) is 16.1. The molecule has 0 aliphatic rings. The molecule has 0 radical (unpaired) electrons. The van der Waals surface area contributed by atoms with Gasteiger partial charge in [-0.1, -0.05) is 46.7 Å². The largest absolute Gasteiger partial charge is 0.416 e. The third-order valence-electron chi connectivity index (χ3n) is 3.93. The summed E-state index contributed by atoms with van der Waals surface area (Å²) in [5.74, 6) is -0.442. The molecular weight excluding hydrogens is 387 g/mol. The molecule has 0 spiro atoms. The van der Waals surface area contributed by atoms with Crippen LogP contribution in [0.1, 0.15) is 29.2 Å². The number of hydrogen-bond donors (Lipinski definition) is 1. The highest BCUT2D eigenvalue weighted by molar-refractivity contribution is 6.45. The molecule has 2 aromatic carbocycles. The molecule has 0 saturated carbocycles. The van der Waals surface area contributed by atoms with E-state index < -0.39 is 17.6 Å². The number of hydrogen-bond acceptors (Lipinski definition) is 5. The van der Waals surface area contributed by atoms with E-state index in [1.54, 1.807) is 31.2 Å². The van der Waals surface area contributed by atoms with Crippen molar-refractivity contribution in [3.05, 3.63) is 70.8 Å². The number of oxime groups is 2. The van der Waals surface area contributed by atoms with Crippen LogP contribution in [0.15, 0.2) is 58.8 Å². The quantitative estimate of drug-likeness (QED) is 0.561. The minimum atomic E-state index is -4.44. The summed E-state index contributed by atoms with van der Waals surface area (Å²) < 4.78 is 38.6. The van der Waals surface area contributed by atoms with Crippen LogP contribution in [0.3, 0.4) is 0 Å². The van der Waals surface area contributed by atoms with E-state index in [2.05, 4.69) is 15.6 Å². The van der Waals surface area contributed by atoms with Crippen molar-refractivity contribution in [2.45, 2.75) is 19.7 Å². The summed E-state index contributed by atoms with van der Waals surface area (Å²) in [6.07, 6.45) is -4.44. The Bertz CT molecular complexity index is 924. The fourth-order valence-corrected chi connectivity index (χ4v) is 2.47. The normalized spacial score (nSPS) is 12.5. The second-order valence-electron chi connectivity index (χ2n) is 5.89. The number of carbonyl (C=O) groups is 1. The Kier molecular flexibility index (Phi) is 7.35. The number of amides is 1. The van der Waals surface area contributed by atoms with E-state index >= 15 is 0 Å². The summed E-state index contributed by atoms with van der Waals surface area (Å²) >= 11 is 0. The Balaban J connectivity index is 2.21. The van der Waals surface area contributed by atoms with Gasteiger partial charge in [0.05, 0.1) is 11.3 Å². The van der Waals surface area contributed by atoms with Crippen LogP contribution < -0.4 is 5.32 Å². The molecule has 6 nitrogen and oxygen atoms in total. The van der Waals surface area contributed by atoms with E-state index in [4.69, 9.17) is 9.68 Å². The lowest BCUT2D eigenvalue weighted by atomic mass is 10.0. The Morgan fingerprint density at radius 1 is 1.10 bits per heavy atom. The first-order valence-electron chi connectivity index (χ1n) is 8.53. The first-order chi connectivity index (χ1) is 13.8. The van der Waals surface area contributed by atoms with Crippen molar-refractivity contribution >= 4 is 17.3 Å². The lowest BCUT2D eigenvalue weighted by Crippen LogP contribution is -2.29. The van der Waals surface area contributed by atoms with Gasteiger partial charge in [0.1, 0.15) is 13.7 Å². The molecule has 0 aliphatic heterocycles. The first kappa shape index (κ1) is 21.9. The molecule has 0 atom stereocenters. The van der Waals surface area contributed by atoms with Crippen molar-refractivity contribution < 1.29 is 27.6 Å². The van der Waals surface area contributed by atoms with E-state index in [0.29, 0.717) is 16.7 Å². The van der Waals surface area contributed by atoms with Gasteiger partial charge >= 0.3 is 6.18 Å². The zero-order valence-corrected chi connectivity index (χ0v) is 16.1. The van der Waals surface area contributed by atoms with Crippen LogP contribution in [0.2, 0.25) is 0 Å². The number of halogens is 3. The van der Waals surface area contributed by atoms with Crippen LogP contribution in [0, 0.1) is 0 Å². The average molecular weight is 407 g/mol. The lowest BCUT2D eigenvalue weighted by Gasteiger charge is -2.11. The molecule has 9 heteroatoms. The maximum Gasteiger partial charge on any atom is 0.416 e. The minimum Gasteiger partial charge on any atom is -0.398 e. The van der Waals surface area contributed by atoms with Gasteiger partial charge in [-0.25, -0.2) is 0 Å². The fourth-order valence-electron chi connectivity index (χ4n) is 2.47. The van der Waals surface area contributed by atoms with Gasteiger partial charge in [-0.3, -0.25) is 4.79 Å². The number of likely N-dealkylation sites (N-methyl/N-ethyl adjacent to an activating group) is 1. The molecule has 1 amide bonds. The lowest BCUT2D eigenvalue weighted by molar-refractivity contribution is -0.137. The highest BCUT2D eigenvalue weighted by atomic mass is 19.4. The van der Waals surface area contributed by atoms with Gasteiger partial charge in [0.15, 0.2) is 5.71 Å². The van der Waals surface area contributed by atoms with Crippen LogP contribution in [0.25, 0.3) is 0 Å². The monoisotopic (exact) mass is 407 g/mol. The van der Waals surface area contributed by atoms with Crippen LogP contribution in [0.5, 0.6) is 0 Å². The number of alkyl halides is 3. The van der Waals surface area contributed by atoms with Gasteiger partial charge in [-0.2, -0.15) is 13.2 Å². The third kappa shape index (κ3) is 5.81. The summed E-state index contributed by atoms with van der Waals surface area (Å²) in [6, 6.07) is 11.7. The van der Waals surface area contributed by atoms with Crippen molar-refractivity contribution in [3.8, 4) is 0 Å². The summed E-state index contributed by atoms with van der Waals surface area (Å²) in [4.78, 5) is 22.1. The van der Waals surface area contributed by atoms with Crippen LogP contribution in [0.4, 0.5) is 13.2 Å². The zero-order chi connectivity index (χ0) is 21.4. The summed E-state index contributed by atoms with van der Waals surface area (Å²) in [6.45, 7) is 1.52. The average Bonchev–Trinajstić information content (AvgIpc) is 2.71. The van der Waals surface area contributed by atoms with Gasteiger partial charge in [0, 0.05) is 18.2 Å². The number of rotatable bonds is 7. The van der Waals surface area contributed by atoms with Crippen molar-refractivity contribution in [3.63, 3.8) is 0 Å². The smallest absolute Gasteiger partial charge is 0.398 e. The predicted octanol–water partition coefficient (Wildman–Crippen LogP) is 3.74. The Hall–Kier alpha value is -3.36. The Morgan fingerprint density at radius 3 is 2.48 bits per heavy atom. The number of benzene rings is 2. The van der Waals surface area contributed by atoms with E-state index in [1.165, 1.54) is 26.3 Å². The van der Waals surface area contributed by atoms with Gasteiger partial charge in [-0.15, -0.1) is 0 Å². The summed E-state index contributed by atoms with van der Waals surface area (Å²) in [7, 11) is 2.79. The SMILES string of the molecule is CNC(=O)/C(=N/OC)c1ccccc1CON=C(C)c1cccc(C(F)(F)F)c1. The standard InChI is InChI=1S/C20H20F3N3O3/c1-13(14-8-6-9-16(11-14)20(21,22)23)25-29-12-15-7-4-5-10-17(15)18(26-28-3)19(27)24-2/h4-11H,12H2,1-3H3,(H,24,27)/b25-13?,26-18+. The third-order valence-corrected chi connectivity index (χ3v) is 3.93. The second-order valence-corrected chi connectivity index (χ2v) is 5.89. The summed E-state index contributed by atoms with van der Waals surface area (Å²) in [5.41, 5.74) is 0.965. The minimum absolute atomic E-state index is 0.0216. The van der Waals surface area contributed by atoms with Crippen molar-refractivity contribution in [1.29, 1.82) is 0 Å². The van der Waals surface area contributed by atoms with E-state index in [0.717, 1.165) is 12.1 Å². The maximum atomic E-state index is 12.9. The molecule has 0 bridgehead atoms. The number of carbonyl (C=O) groups excluding carboxylic acids is 1. The molecule has 2 rings (SSSR count). The molecule has 154 valence electrons. The molecular formula is C20H20F3N3O3. The highest BCUT2D eigenvalue weighted by Gasteiger charge is 2.30. The molecule has 1 N–H and O–H groups in total. The molecule has 0 fully saturated rings. The van der Waals surface area contributed by atoms with Gasteiger partial charge in [-0.05, 0) is 24.6 Å². The fraction of sp³-hybridized carbons (Fsp3) is 0.250. The molecule has 0 aromatic heterocycles. The van der Waals surface area contributed by atoms with Crippen LogP contribution in [-0.2, 0) is 27.3 Å². The Morgan fingerprint density at radius 2 is 1.83 bits per heavy atom. The van der Waals surface area contributed by atoms with Crippen LogP contribution in [-0.4, -0.2) is 31.5 Å². The van der Waals surface area contributed by atoms with Gasteiger partial charge < -0.3 is 15.0 Å².